The quantitative estimate of drug-likeness (QED) is 0.878. The fourth-order valence-corrected chi connectivity index (χ4v) is 4.44. The number of piperidine rings is 1. The summed E-state index contributed by atoms with van der Waals surface area (Å²) in [6, 6.07) is 8.08. The molecule has 1 aliphatic carbocycles. The van der Waals surface area contributed by atoms with Crippen molar-refractivity contribution in [3.8, 4) is 0 Å². The van der Waals surface area contributed by atoms with E-state index in [1.54, 1.807) is 11.9 Å². The molecule has 0 saturated carbocycles. The van der Waals surface area contributed by atoms with Gasteiger partial charge in [-0.2, -0.15) is 0 Å². The highest BCUT2D eigenvalue weighted by atomic mass is 16.4. The van der Waals surface area contributed by atoms with Crippen LogP contribution in [-0.2, 0) is 26.2 Å². The number of rotatable bonds is 4. The van der Waals surface area contributed by atoms with E-state index in [2.05, 4.69) is 6.07 Å². The normalized spacial score (nSPS) is 22.8. The second kappa shape index (κ2) is 7.71. The standard InChI is InChI=1S/C21H28N2O4/c1-21(11-5-7-15-6-3-4-8-17(15)21)20(27)22(2)14-18(24)23-12-9-16(10-13-23)19(25)26/h3-4,6,8,16H,5,7,9-14H2,1-2H3,(H,25,26). The second-order valence-electron chi connectivity index (χ2n) is 8.00. The molecule has 6 nitrogen and oxygen atoms in total. The number of likely N-dealkylation sites (N-methyl/N-ethyl adjacent to an activating group) is 1. The first-order chi connectivity index (χ1) is 12.8. The number of aryl methyl sites for hydroxylation is 1. The Labute approximate surface area is 160 Å². The third-order valence-electron chi connectivity index (χ3n) is 6.12. The highest BCUT2D eigenvalue weighted by Crippen LogP contribution is 2.38. The maximum absolute atomic E-state index is 13.2. The number of nitrogens with zero attached hydrogens (tertiary/aromatic N) is 2. The van der Waals surface area contributed by atoms with E-state index in [0.29, 0.717) is 25.9 Å². The van der Waals surface area contributed by atoms with Crippen molar-refractivity contribution in [1.29, 1.82) is 0 Å². The third kappa shape index (κ3) is 3.84. The smallest absolute Gasteiger partial charge is 0.306 e. The highest BCUT2D eigenvalue weighted by Gasteiger charge is 2.41. The van der Waals surface area contributed by atoms with Crippen LogP contribution in [0.2, 0.25) is 0 Å². The van der Waals surface area contributed by atoms with Crippen LogP contribution in [0.3, 0.4) is 0 Å². The Morgan fingerprint density at radius 2 is 1.89 bits per heavy atom. The monoisotopic (exact) mass is 372 g/mol. The molecule has 3 rings (SSSR count). The number of carbonyl (C=O) groups excluding carboxylic acids is 2. The van der Waals surface area contributed by atoms with E-state index in [0.717, 1.165) is 24.8 Å². The Hall–Kier alpha value is -2.37. The third-order valence-corrected chi connectivity index (χ3v) is 6.12. The van der Waals surface area contributed by atoms with Crippen molar-refractivity contribution >= 4 is 17.8 Å². The van der Waals surface area contributed by atoms with Gasteiger partial charge in [0.2, 0.25) is 11.8 Å². The molecule has 27 heavy (non-hydrogen) atoms. The van der Waals surface area contributed by atoms with E-state index in [-0.39, 0.29) is 24.3 Å². The van der Waals surface area contributed by atoms with Gasteiger partial charge in [-0.25, -0.2) is 0 Å². The molecule has 1 aromatic carbocycles. The molecule has 1 aromatic rings. The lowest BCUT2D eigenvalue weighted by Gasteiger charge is -2.38. The van der Waals surface area contributed by atoms with Crippen LogP contribution >= 0.6 is 0 Å². The zero-order chi connectivity index (χ0) is 19.6. The molecule has 6 heteroatoms. The Bertz CT molecular complexity index is 739. The summed E-state index contributed by atoms with van der Waals surface area (Å²) < 4.78 is 0. The molecule has 0 bridgehead atoms. The van der Waals surface area contributed by atoms with Crippen molar-refractivity contribution in [2.24, 2.45) is 5.92 Å². The van der Waals surface area contributed by atoms with Gasteiger partial charge in [-0.3, -0.25) is 14.4 Å². The average molecular weight is 372 g/mol. The lowest BCUT2D eigenvalue weighted by molar-refractivity contribution is -0.147. The van der Waals surface area contributed by atoms with Crippen LogP contribution in [0, 0.1) is 5.92 Å². The average Bonchev–Trinajstić information content (AvgIpc) is 2.67. The number of fused-ring (bicyclic) bond motifs is 1. The van der Waals surface area contributed by atoms with Gasteiger partial charge in [-0.1, -0.05) is 24.3 Å². The Balaban J connectivity index is 1.65. The number of carboxylic acid groups (broad SMARTS) is 1. The maximum atomic E-state index is 13.2. The molecular formula is C21H28N2O4. The van der Waals surface area contributed by atoms with E-state index in [4.69, 9.17) is 5.11 Å². The summed E-state index contributed by atoms with van der Waals surface area (Å²) in [5.74, 6) is -1.30. The lowest BCUT2D eigenvalue weighted by Crippen LogP contribution is -2.50. The highest BCUT2D eigenvalue weighted by molar-refractivity contribution is 5.91. The van der Waals surface area contributed by atoms with E-state index in [1.807, 2.05) is 25.1 Å². The molecule has 146 valence electrons. The van der Waals surface area contributed by atoms with Crippen molar-refractivity contribution in [3.05, 3.63) is 35.4 Å². The molecule has 1 heterocycles. The van der Waals surface area contributed by atoms with Gasteiger partial charge in [-0.05, 0) is 50.2 Å². The topological polar surface area (TPSA) is 77.9 Å². The summed E-state index contributed by atoms with van der Waals surface area (Å²) >= 11 is 0. The first-order valence-corrected chi connectivity index (χ1v) is 9.67. The van der Waals surface area contributed by atoms with Crippen LogP contribution in [-0.4, -0.2) is 59.4 Å². The molecule has 1 N–H and O–H groups in total. The molecular weight excluding hydrogens is 344 g/mol. The molecule has 1 atom stereocenters. The number of aliphatic carboxylic acids is 1. The lowest BCUT2D eigenvalue weighted by atomic mass is 9.70. The molecule has 0 spiro atoms. The van der Waals surface area contributed by atoms with Crippen LogP contribution in [0.5, 0.6) is 0 Å². The predicted molar refractivity (Wildman–Crippen MR) is 101 cm³/mol. The minimum absolute atomic E-state index is 0.0246. The number of carboxylic acids is 1. The van der Waals surface area contributed by atoms with Crippen molar-refractivity contribution in [2.75, 3.05) is 26.7 Å². The number of benzene rings is 1. The van der Waals surface area contributed by atoms with Gasteiger partial charge in [0.05, 0.1) is 17.9 Å². The van der Waals surface area contributed by atoms with Crippen LogP contribution < -0.4 is 0 Å². The Morgan fingerprint density at radius 1 is 1.22 bits per heavy atom. The Morgan fingerprint density at radius 3 is 2.56 bits per heavy atom. The van der Waals surface area contributed by atoms with Gasteiger partial charge >= 0.3 is 5.97 Å². The molecule has 1 saturated heterocycles. The summed E-state index contributed by atoms with van der Waals surface area (Å²) in [5, 5.41) is 9.08. The minimum atomic E-state index is -0.793. The summed E-state index contributed by atoms with van der Waals surface area (Å²) in [5.41, 5.74) is 1.69. The summed E-state index contributed by atoms with van der Waals surface area (Å²) in [6.07, 6.45) is 3.68. The van der Waals surface area contributed by atoms with Crippen LogP contribution in [0.4, 0.5) is 0 Å². The predicted octanol–water partition coefficient (Wildman–Crippen LogP) is 2.06. The van der Waals surface area contributed by atoms with Gasteiger partial charge in [0, 0.05) is 20.1 Å². The molecule has 1 fully saturated rings. The number of likely N-dealkylation sites (tertiary alicyclic amines) is 1. The summed E-state index contributed by atoms with van der Waals surface area (Å²) in [7, 11) is 1.69. The van der Waals surface area contributed by atoms with Crippen molar-refractivity contribution in [1.82, 2.24) is 9.80 Å². The number of carbonyl (C=O) groups is 3. The van der Waals surface area contributed by atoms with E-state index in [1.165, 1.54) is 10.5 Å². The van der Waals surface area contributed by atoms with Crippen molar-refractivity contribution in [3.63, 3.8) is 0 Å². The van der Waals surface area contributed by atoms with Crippen molar-refractivity contribution in [2.45, 2.75) is 44.4 Å². The van der Waals surface area contributed by atoms with Crippen LogP contribution in [0.1, 0.15) is 43.7 Å². The fraction of sp³-hybridized carbons (Fsp3) is 0.571. The summed E-state index contributed by atoms with van der Waals surface area (Å²) in [6.45, 7) is 2.90. The van der Waals surface area contributed by atoms with E-state index < -0.39 is 11.4 Å². The van der Waals surface area contributed by atoms with Gasteiger partial charge < -0.3 is 14.9 Å². The molecule has 1 unspecified atom stereocenters. The van der Waals surface area contributed by atoms with Crippen LogP contribution in [0.25, 0.3) is 0 Å². The molecule has 2 amide bonds. The molecule has 1 aliphatic heterocycles. The van der Waals surface area contributed by atoms with Crippen LogP contribution in [0.15, 0.2) is 24.3 Å². The zero-order valence-electron chi connectivity index (χ0n) is 16.1. The molecule has 0 radical (unpaired) electrons. The minimum Gasteiger partial charge on any atom is -0.481 e. The van der Waals surface area contributed by atoms with Gasteiger partial charge in [-0.15, -0.1) is 0 Å². The number of hydrogen-bond acceptors (Lipinski definition) is 3. The largest absolute Gasteiger partial charge is 0.481 e. The van der Waals surface area contributed by atoms with E-state index in [9.17, 15) is 14.4 Å². The molecule has 0 aromatic heterocycles. The van der Waals surface area contributed by atoms with Gasteiger partial charge in [0.1, 0.15) is 0 Å². The fourth-order valence-electron chi connectivity index (χ4n) is 4.44. The molecule has 2 aliphatic rings. The summed E-state index contributed by atoms with van der Waals surface area (Å²) in [4.78, 5) is 40.1. The second-order valence-corrected chi connectivity index (χ2v) is 8.00. The van der Waals surface area contributed by atoms with Gasteiger partial charge in [0.15, 0.2) is 0 Å². The number of hydrogen-bond donors (Lipinski definition) is 1. The van der Waals surface area contributed by atoms with Crippen molar-refractivity contribution < 1.29 is 19.5 Å². The number of amides is 2. The first kappa shape index (κ1) is 19.4. The zero-order valence-corrected chi connectivity index (χ0v) is 16.1. The first-order valence-electron chi connectivity index (χ1n) is 9.67. The van der Waals surface area contributed by atoms with E-state index >= 15 is 0 Å². The Kier molecular flexibility index (Phi) is 5.53. The van der Waals surface area contributed by atoms with Gasteiger partial charge in [0.25, 0.3) is 0 Å². The SMILES string of the molecule is CN(CC(=O)N1CCC(C(=O)O)CC1)C(=O)C1(C)CCCc2ccccc21. The maximum Gasteiger partial charge on any atom is 0.306 e.